The average molecular weight is 414 g/mol. The first kappa shape index (κ1) is 19.5. The molecule has 1 saturated heterocycles. The van der Waals surface area contributed by atoms with Gasteiger partial charge in [-0.15, -0.1) is 0 Å². The number of nitrogens with zero attached hydrogens (tertiary/aromatic N) is 2. The van der Waals surface area contributed by atoms with Crippen molar-refractivity contribution in [2.45, 2.75) is 51.5 Å². The predicted molar refractivity (Wildman–Crippen MR) is 123 cm³/mol. The van der Waals surface area contributed by atoms with Gasteiger partial charge >= 0.3 is 0 Å². The summed E-state index contributed by atoms with van der Waals surface area (Å²) in [7, 11) is 1.73. The standard InChI is InChI=1S/C24H35N3OS/c1-17(24-14-18-10-19(15-24)12-20(11-18)16-24)25-23(29)27-8-6-26(7-9-27)21-4-3-5-22(13-21)28-2/h3-5,13,17-20H,6-12,14-16H2,1-2H3,(H,25,29). The van der Waals surface area contributed by atoms with Gasteiger partial charge in [0.25, 0.3) is 0 Å². The molecule has 4 aliphatic carbocycles. The molecule has 4 bridgehead atoms. The SMILES string of the molecule is COc1cccc(N2CCN(C(=S)NC(C)C34CC5CC(CC(C5)C3)C4)CC2)c1. The van der Waals surface area contributed by atoms with Crippen molar-refractivity contribution in [3.05, 3.63) is 24.3 Å². The van der Waals surface area contributed by atoms with E-state index in [1.807, 2.05) is 6.07 Å². The Labute approximate surface area is 181 Å². The van der Waals surface area contributed by atoms with Crippen LogP contribution in [0.5, 0.6) is 5.75 Å². The molecule has 4 saturated carbocycles. The van der Waals surface area contributed by atoms with E-state index in [1.165, 1.54) is 44.2 Å². The van der Waals surface area contributed by atoms with Crippen LogP contribution in [0.3, 0.4) is 0 Å². The van der Waals surface area contributed by atoms with Crippen molar-refractivity contribution < 1.29 is 4.74 Å². The van der Waals surface area contributed by atoms with Crippen LogP contribution in [-0.4, -0.2) is 49.3 Å². The minimum absolute atomic E-state index is 0.500. The summed E-state index contributed by atoms with van der Waals surface area (Å²) in [6, 6.07) is 8.87. The Hall–Kier alpha value is -1.49. The zero-order chi connectivity index (χ0) is 20.0. The van der Waals surface area contributed by atoms with Crippen LogP contribution < -0.4 is 15.0 Å². The maximum Gasteiger partial charge on any atom is 0.169 e. The highest BCUT2D eigenvalue weighted by Crippen LogP contribution is 2.61. The molecule has 1 heterocycles. The molecule has 1 N–H and O–H groups in total. The highest BCUT2D eigenvalue weighted by molar-refractivity contribution is 7.80. The van der Waals surface area contributed by atoms with Crippen molar-refractivity contribution in [1.82, 2.24) is 10.2 Å². The first-order chi connectivity index (χ1) is 14.0. The number of hydrogen-bond donors (Lipinski definition) is 1. The molecule has 1 aromatic carbocycles. The van der Waals surface area contributed by atoms with Gasteiger partial charge in [-0.2, -0.15) is 0 Å². The van der Waals surface area contributed by atoms with E-state index in [0.717, 1.165) is 54.8 Å². The van der Waals surface area contributed by atoms with Crippen molar-refractivity contribution >= 4 is 23.0 Å². The summed E-state index contributed by atoms with van der Waals surface area (Å²) in [4.78, 5) is 4.81. The summed E-state index contributed by atoms with van der Waals surface area (Å²) in [5.41, 5.74) is 1.74. The first-order valence-corrected chi connectivity index (χ1v) is 11.9. The van der Waals surface area contributed by atoms with Crippen LogP contribution in [0.4, 0.5) is 5.69 Å². The van der Waals surface area contributed by atoms with Crippen molar-refractivity contribution in [2.24, 2.45) is 23.2 Å². The lowest BCUT2D eigenvalue weighted by atomic mass is 9.48. The van der Waals surface area contributed by atoms with Crippen molar-refractivity contribution in [3.8, 4) is 5.75 Å². The molecule has 4 nitrogen and oxygen atoms in total. The molecule has 0 spiro atoms. The second-order valence-corrected chi connectivity index (χ2v) is 10.5. The number of piperazine rings is 1. The van der Waals surface area contributed by atoms with Crippen LogP contribution in [-0.2, 0) is 0 Å². The van der Waals surface area contributed by atoms with Crippen LogP contribution >= 0.6 is 12.2 Å². The van der Waals surface area contributed by atoms with Gasteiger partial charge in [0.15, 0.2) is 5.11 Å². The third kappa shape index (κ3) is 3.71. The van der Waals surface area contributed by atoms with Gasteiger partial charge in [-0.3, -0.25) is 0 Å². The van der Waals surface area contributed by atoms with Crippen LogP contribution in [0.15, 0.2) is 24.3 Å². The molecule has 5 aliphatic rings. The average Bonchev–Trinajstić information content (AvgIpc) is 2.73. The quantitative estimate of drug-likeness (QED) is 0.743. The van der Waals surface area contributed by atoms with E-state index < -0.39 is 0 Å². The Bertz CT molecular complexity index is 723. The third-order valence-corrected chi connectivity index (χ3v) is 8.71. The number of anilines is 1. The number of methoxy groups -OCH3 is 1. The van der Waals surface area contributed by atoms with E-state index in [4.69, 9.17) is 17.0 Å². The lowest BCUT2D eigenvalue weighted by Crippen LogP contribution is -2.59. The first-order valence-electron chi connectivity index (χ1n) is 11.5. The van der Waals surface area contributed by atoms with Crippen molar-refractivity contribution in [1.29, 1.82) is 0 Å². The zero-order valence-electron chi connectivity index (χ0n) is 17.9. The summed E-state index contributed by atoms with van der Waals surface area (Å²) in [6.45, 7) is 6.38. The smallest absolute Gasteiger partial charge is 0.169 e. The number of benzene rings is 1. The maximum absolute atomic E-state index is 5.88. The highest BCUT2D eigenvalue weighted by atomic mass is 32.1. The molecule has 0 aromatic heterocycles. The number of thiocarbonyl (C=S) groups is 1. The maximum atomic E-state index is 5.88. The van der Waals surface area contributed by atoms with Crippen LogP contribution in [0.2, 0.25) is 0 Å². The summed E-state index contributed by atoms with van der Waals surface area (Å²) in [5, 5.41) is 4.77. The lowest BCUT2D eigenvalue weighted by molar-refractivity contribution is -0.0675. The van der Waals surface area contributed by atoms with Crippen molar-refractivity contribution in [3.63, 3.8) is 0 Å². The lowest BCUT2D eigenvalue weighted by Gasteiger charge is -2.59. The van der Waals surface area contributed by atoms with Crippen LogP contribution in [0, 0.1) is 23.2 Å². The van der Waals surface area contributed by atoms with Gasteiger partial charge in [0, 0.05) is 44.0 Å². The molecule has 0 amide bonds. The Morgan fingerprint density at radius 3 is 2.28 bits per heavy atom. The molecule has 29 heavy (non-hydrogen) atoms. The van der Waals surface area contributed by atoms with E-state index in [1.54, 1.807) is 7.11 Å². The van der Waals surface area contributed by atoms with Gasteiger partial charge in [0.1, 0.15) is 5.75 Å². The minimum atomic E-state index is 0.500. The number of hydrogen-bond acceptors (Lipinski definition) is 3. The fourth-order valence-corrected chi connectivity index (χ4v) is 7.47. The minimum Gasteiger partial charge on any atom is -0.497 e. The van der Waals surface area contributed by atoms with E-state index in [2.05, 4.69) is 40.2 Å². The monoisotopic (exact) mass is 413 g/mol. The molecule has 6 rings (SSSR count). The van der Waals surface area contributed by atoms with Gasteiger partial charge < -0.3 is 19.9 Å². The molecule has 1 unspecified atom stereocenters. The molecule has 1 aliphatic heterocycles. The van der Waals surface area contributed by atoms with Crippen LogP contribution in [0.1, 0.15) is 45.4 Å². The van der Waals surface area contributed by atoms with Gasteiger partial charge in [-0.25, -0.2) is 0 Å². The second-order valence-electron chi connectivity index (χ2n) is 10.1. The second kappa shape index (κ2) is 7.64. The fraction of sp³-hybridized carbons (Fsp3) is 0.708. The fourth-order valence-electron chi connectivity index (χ4n) is 7.11. The van der Waals surface area contributed by atoms with Gasteiger partial charge in [-0.05, 0) is 93.0 Å². The molecule has 158 valence electrons. The third-order valence-electron chi connectivity index (χ3n) is 8.33. The summed E-state index contributed by atoms with van der Waals surface area (Å²) in [6.07, 6.45) is 8.80. The summed E-state index contributed by atoms with van der Waals surface area (Å²) >= 11 is 5.88. The molecular formula is C24H35N3OS. The van der Waals surface area contributed by atoms with Crippen molar-refractivity contribution in [2.75, 3.05) is 38.2 Å². The Balaban J connectivity index is 1.17. The largest absolute Gasteiger partial charge is 0.497 e. The molecule has 1 aromatic rings. The molecule has 1 atom stereocenters. The molecular weight excluding hydrogens is 378 g/mol. The topological polar surface area (TPSA) is 27.7 Å². The Morgan fingerprint density at radius 2 is 1.69 bits per heavy atom. The van der Waals surface area contributed by atoms with Gasteiger partial charge in [0.05, 0.1) is 7.11 Å². The number of ether oxygens (including phenoxy) is 1. The molecule has 5 heteroatoms. The molecule has 5 fully saturated rings. The number of nitrogens with one attached hydrogen (secondary N) is 1. The highest BCUT2D eigenvalue weighted by Gasteiger charge is 2.53. The Morgan fingerprint density at radius 1 is 1.07 bits per heavy atom. The summed E-state index contributed by atoms with van der Waals surface area (Å²) < 4.78 is 5.38. The van der Waals surface area contributed by atoms with E-state index >= 15 is 0 Å². The van der Waals surface area contributed by atoms with E-state index in [-0.39, 0.29) is 0 Å². The normalized spacial score (nSPS) is 34.2. The predicted octanol–water partition coefficient (Wildman–Crippen LogP) is 4.30. The number of rotatable bonds is 4. The molecule has 0 radical (unpaired) electrons. The van der Waals surface area contributed by atoms with Gasteiger partial charge in [0.2, 0.25) is 0 Å². The van der Waals surface area contributed by atoms with Crippen LogP contribution in [0.25, 0.3) is 0 Å². The summed E-state index contributed by atoms with van der Waals surface area (Å²) in [5.74, 6) is 3.90. The zero-order valence-corrected chi connectivity index (χ0v) is 18.7. The van der Waals surface area contributed by atoms with E-state index in [9.17, 15) is 0 Å². The Kier molecular flexibility index (Phi) is 5.13. The van der Waals surface area contributed by atoms with Gasteiger partial charge in [-0.1, -0.05) is 6.07 Å². The van der Waals surface area contributed by atoms with E-state index in [0.29, 0.717) is 11.5 Å².